The number of piperidine rings is 1. The number of ether oxygens (including phenoxy) is 1. The Balaban J connectivity index is 1.30. The Kier molecular flexibility index (Phi) is 5.53. The van der Waals surface area contributed by atoms with Gasteiger partial charge in [0.1, 0.15) is 5.75 Å². The molecule has 0 aromatic heterocycles. The van der Waals surface area contributed by atoms with E-state index in [9.17, 15) is 9.59 Å². The molecule has 2 amide bonds. The van der Waals surface area contributed by atoms with Gasteiger partial charge in [-0.05, 0) is 73.9 Å². The van der Waals surface area contributed by atoms with Crippen molar-refractivity contribution in [3.63, 3.8) is 0 Å². The van der Waals surface area contributed by atoms with Gasteiger partial charge in [-0.25, -0.2) is 0 Å². The van der Waals surface area contributed by atoms with Gasteiger partial charge in [0, 0.05) is 18.8 Å². The zero-order valence-electron chi connectivity index (χ0n) is 17.8. The maximum Gasteiger partial charge on any atom is 0.265 e. The van der Waals surface area contributed by atoms with E-state index < -0.39 is 6.10 Å². The molecular weight excluding hydrogens is 390 g/mol. The molecule has 2 heterocycles. The van der Waals surface area contributed by atoms with Crippen molar-refractivity contribution in [1.29, 1.82) is 0 Å². The predicted octanol–water partition coefficient (Wildman–Crippen LogP) is 3.39. The fourth-order valence-electron chi connectivity index (χ4n) is 4.93. The van der Waals surface area contributed by atoms with Gasteiger partial charge in [0.15, 0.2) is 6.10 Å². The second-order valence-corrected chi connectivity index (χ2v) is 8.73. The van der Waals surface area contributed by atoms with Crippen LogP contribution >= 0.6 is 0 Å². The molecule has 0 saturated carbocycles. The molecule has 1 fully saturated rings. The molecule has 2 aliphatic heterocycles. The lowest BCUT2D eigenvalue weighted by molar-refractivity contribution is -0.139. The van der Waals surface area contributed by atoms with E-state index in [4.69, 9.17) is 4.74 Å². The van der Waals surface area contributed by atoms with Crippen LogP contribution in [0.1, 0.15) is 36.8 Å². The van der Waals surface area contributed by atoms with Gasteiger partial charge in [-0.2, -0.15) is 0 Å². The molecule has 0 bridgehead atoms. The number of carbonyl (C=O) groups is 2. The van der Waals surface area contributed by atoms with Crippen LogP contribution in [-0.2, 0) is 22.4 Å². The highest BCUT2D eigenvalue weighted by Gasteiger charge is 2.34. The van der Waals surface area contributed by atoms with Crippen molar-refractivity contribution in [1.82, 2.24) is 4.90 Å². The van der Waals surface area contributed by atoms with Gasteiger partial charge in [0.2, 0.25) is 5.91 Å². The number of amides is 2. The lowest BCUT2D eigenvalue weighted by atomic mass is 10.1. The topological polar surface area (TPSA) is 61.9 Å². The van der Waals surface area contributed by atoms with Gasteiger partial charge in [0.25, 0.3) is 5.91 Å². The van der Waals surface area contributed by atoms with Crippen molar-refractivity contribution in [2.75, 3.05) is 36.4 Å². The maximum atomic E-state index is 13.1. The minimum atomic E-state index is -0.583. The SMILES string of the molecule is O=C(CN1C[C@@H](C(=O)N2CCCCC2)Oc2ccccc21)Nc1ccc2c(c1)CCC2. The zero-order valence-corrected chi connectivity index (χ0v) is 17.8. The summed E-state index contributed by atoms with van der Waals surface area (Å²) < 4.78 is 6.06. The summed E-state index contributed by atoms with van der Waals surface area (Å²) in [5.41, 5.74) is 4.42. The molecule has 2 aromatic rings. The number of aryl methyl sites for hydroxylation is 2. The number of anilines is 2. The summed E-state index contributed by atoms with van der Waals surface area (Å²) in [6, 6.07) is 13.8. The van der Waals surface area contributed by atoms with Crippen LogP contribution in [0.3, 0.4) is 0 Å². The molecule has 5 rings (SSSR count). The first-order valence-corrected chi connectivity index (χ1v) is 11.4. The van der Waals surface area contributed by atoms with E-state index in [1.807, 2.05) is 40.1 Å². The fraction of sp³-hybridized carbons (Fsp3) is 0.440. The molecule has 6 heteroatoms. The van der Waals surface area contributed by atoms with E-state index in [0.29, 0.717) is 12.3 Å². The van der Waals surface area contributed by atoms with Gasteiger partial charge >= 0.3 is 0 Å². The third-order valence-corrected chi connectivity index (χ3v) is 6.52. The first kappa shape index (κ1) is 19.9. The van der Waals surface area contributed by atoms with Crippen LogP contribution < -0.4 is 15.0 Å². The molecule has 1 saturated heterocycles. The van der Waals surface area contributed by atoms with Crippen molar-refractivity contribution in [3.8, 4) is 5.75 Å². The third kappa shape index (κ3) is 4.24. The molecule has 1 N–H and O–H groups in total. The van der Waals surface area contributed by atoms with E-state index in [1.165, 1.54) is 24.0 Å². The van der Waals surface area contributed by atoms with Gasteiger partial charge in [-0.1, -0.05) is 18.2 Å². The summed E-state index contributed by atoms with van der Waals surface area (Å²) in [5, 5.41) is 3.04. The second kappa shape index (κ2) is 8.61. The number of nitrogens with zero attached hydrogens (tertiary/aromatic N) is 2. The normalized spacial score (nSPS) is 19.9. The average molecular weight is 420 g/mol. The van der Waals surface area contributed by atoms with Crippen molar-refractivity contribution in [2.45, 2.75) is 44.6 Å². The van der Waals surface area contributed by atoms with E-state index in [1.54, 1.807) is 0 Å². The summed E-state index contributed by atoms with van der Waals surface area (Å²) in [5.74, 6) is 0.603. The Hall–Kier alpha value is -3.02. The van der Waals surface area contributed by atoms with Crippen LogP contribution in [0.25, 0.3) is 0 Å². The highest BCUT2D eigenvalue weighted by atomic mass is 16.5. The molecule has 0 spiro atoms. The first-order valence-electron chi connectivity index (χ1n) is 11.4. The van der Waals surface area contributed by atoms with Crippen molar-refractivity contribution in [2.24, 2.45) is 0 Å². The zero-order chi connectivity index (χ0) is 21.2. The second-order valence-electron chi connectivity index (χ2n) is 8.73. The van der Waals surface area contributed by atoms with E-state index in [2.05, 4.69) is 17.4 Å². The van der Waals surface area contributed by atoms with Crippen LogP contribution in [0.2, 0.25) is 0 Å². The third-order valence-electron chi connectivity index (χ3n) is 6.52. The van der Waals surface area contributed by atoms with Crippen molar-refractivity contribution in [3.05, 3.63) is 53.6 Å². The number of nitrogens with one attached hydrogen (secondary N) is 1. The number of rotatable bonds is 4. The molecule has 0 unspecified atom stereocenters. The number of hydrogen-bond acceptors (Lipinski definition) is 4. The van der Waals surface area contributed by atoms with Gasteiger partial charge in [0.05, 0.1) is 18.8 Å². The highest BCUT2D eigenvalue weighted by Crippen LogP contribution is 2.33. The molecule has 162 valence electrons. The Morgan fingerprint density at radius 1 is 0.968 bits per heavy atom. The Bertz CT molecular complexity index is 984. The molecule has 31 heavy (non-hydrogen) atoms. The highest BCUT2D eigenvalue weighted by molar-refractivity contribution is 5.95. The molecule has 6 nitrogen and oxygen atoms in total. The van der Waals surface area contributed by atoms with Gasteiger partial charge in [-0.3, -0.25) is 9.59 Å². The van der Waals surface area contributed by atoms with Gasteiger partial charge in [-0.15, -0.1) is 0 Å². The minimum absolute atomic E-state index is 0.0261. The van der Waals surface area contributed by atoms with Crippen LogP contribution in [0.4, 0.5) is 11.4 Å². The standard InChI is InChI=1S/C25H29N3O3/c29-24(26-20-12-11-18-7-6-8-19(18)15-20)17-28-16-23(25(30)27-13-4-1-5-14-27)31-22-10-3-2-9-21(22)28/h2-3,9-12,15,23H,1,4-8,13-14,16-17H2,(H,26,29)/t23-/m0/s1. The van der Waals surface area contributed by atoms with Crippen molar-refractivity contribution >= 4 is 23.2 Å². The van der Waals surface area contributed by atoms with Crippen molar-refractivity contribution < 1.29 is 14.3 Å². The summed E-state index contributed by atoms with van der Waals surface area (Å²) in [6.45, 7) is 2.14. The summed E-state index contributed by atoms with van der Waals surface area (Å²) in [6.07, 6.45) is 6.07. The summed E-state index contributed by atoms with van der Waals surface area (Å²) in [7, 11) is 0. The molecule has 1 atom stereocenters. The number of benzene rings is 2. The van der Waals surface area contributed by atoms with Crippen LogP contribution in [-0.4, -0.2) is 49.0 Å². The number of fused-ring (bicyclic) bond motifs is 2. The Morgan fingerprint density at radius 3 is 2.65 bits per heavy atom. The fourth-order valence-corrected chi connectivity index (χ4v) is 4.93. The summed E-state index contributed by atoms with van der Waals surface area (Å²) >= 11 is 0. The Labute approximate surface area is 183 Å². The van der Waals surface area contributed by atoms with E-state index in [-0.39, 0.29) is 18.4 Å². The van der Waals surface area contributed by atoms with Crippen LogP contribution in [0, 0.1) is 0 Å². The monoisotopic (exact) mass is 419 g/mol. The van der Waals surface area contributed by atoms with E-state index in [0.717, 1.165) is 50.1 Å². The lowest BCUT2D eigenvalue weighted by Crippen LogP contribution is -2.52. The lowest BCUT2D eigenvalue weighted by Gasteiger charge is -2.38. The minimum Gasteiger partial charge on any atom is -0.477 e. The molecule has 3 aliphatic rings. The maximum absolute atomic E-state index is 13.1. The quantitative estimate of drug-likeness (QED) is 0.825. The van der Waals surface area contributed by atoms with E-state index >= 15 is 0 Å². The smallest absolute Gasteiger partial charge is 0.265 e. The molecule has 1 aliphatic carbocycles. The van der Waals surface area contributed by atoms with Crippen LogP contribution in [0.5, 0.6) is 5.75 Å². The van der Waals surface area contributed by atoms with Crippen LogP contribution in [0.15, 0.2) is 42.5 Å². The Morgan fingerprint density at radius 2 is 1.77 bits per heavy atom. The van der Waals surface area contributed by atoms with Gasteiger partial charge < -0.3 is 19.9 Å². The number of likely N-dealkylation sites (tertiary alicyclic amines) is 1. The number of hydrogen-bond donors (Lipinski definition) is 1. The largest absolute Gasteiger partial charge is 0.477 e. The molecular formula is C25H29N3O3. The number of para-hydroxylation sites is 2. The predicted molar refractivity (Wildman–Crippen MR) is 121 cm³/mol. The molecule has 0 radical (unpaired) electrons. The summed E-state index contributed by atoms with van der Waals surface area (Å²) in [4.78, 5) is 29.8. The number of carbonyl (C=O) groups excluding carboxylic acids is 2. The first-order chi connectivity index (χ1) is 15.2. The average Bonchev–Trinajstić information content (AvgIpc) is 3.27. The molecule has 2 aromatic carbocycles.